The minimum absolute atomic E-state index is 0.00573. The molecule has 0 radical (unpaired) electrons. The number of rotatable bonds is 7. The molecule has 0 fully saturated rings. The lowest BCUT2D eigenvalue weighted by atomic mass is 10.2. The van der Waals surface area contributed by atoms with Crippen LogP contribution >= 0.6 is 15.9 Å². The summed E-state index contributed by atoms with van der Waals surface area (Å²) in [5.41, 5.74) is -2.59. The van der Waals surface area contributed by atoms with Gasteiger partial charge in [0, 0.05) is 17.6 Å². The fraction of sp³-hybridized carbons (Fsp3) is 0.286. The van der Waals surface area contributed by atoms with Crippen molar-refractivity contribution in [1.82, 2.24) is 5.01 Å². The highest BCUT2D eigenvalue weighted by molar-refractivity contribution is 9.10. The van der Waals surface area contributed by atoms with Crippen molar-refractivity contribution in [3.8, 4) is 0 Å². The number of nitrogens with two attached hydrogens (primary N) is 1. The van der Waals surface area contributed by atoms with Crippen LogP contribution in [0.4, 0.5) is 28.9 Å². The van der Waals surface area contributed by atoms with Crippen LogP contribution < -0.4 is 15.5 Å². The quantitative estimate of drug-likeness (QED) is 0.199. The number of carbonyl (C=O) groups excluding carboxylic acids is 2. The summed E-state index contributed by atoms with van der Waals surface area (Å²) in [6, 6.07) is 1.53. The Bertz CT molecular complexity index is 903. The summed E-state index contributed by atoms with van der Waals surface area (Å²) in [6.45, 7) is 1.33. The van der Waals surface area contributed by atoms with E-state index < -0.39 is 39.3 Å². The molecule has 0 aliphatic heterocycles. The molecule has 1 aromatic carbocycles. The van der Waals surface area contributed by atoms with Crippen molar-refractivity contribution in [1.29, 1.82) is 0 Å². The molecule has 0 aliphatic carbocycles. The Morgan fingerprint density at radius 1 is 1.36 bits per heavy atom. The van der Waals surface area contributed by atoms with Gasteiger partial charge in [-0.25, -0.2) is 23.6 Å². The minimum atomic E-state index is -5.02. The molecule has 8 nitrogen and oxygen atoms in total. The van der Waals surface area contributed by atoms with Gasteiger partial charge < -0.3 is 5.01 Å². The van der Waals surface area contributed by atoms with Crippen molar-refractivity contribution in [2.24, 2.45) is 5.84 Å². The molecule has 0 saturated carbocycles. The Labute approximate surface area is 166 Å². The number of allylic oxidation sites excluding steroid dienone is 1. The molecule has 1 aromatic rings. The average Bonchev–Trinajstić information content (AvgIpc) is 2.55. The molecule has 2 amide bonds. The summed E-state index contributed by atoms with van der Waals surface area (Å²) in [6.07, 6.45) is -5.23. The van der Waals surface area contributed by atoms with E-state index in [0.29, 0.717) is 0 Å². The van der Waals surface area contributed by atoms with Crippen molar-refractivity contribution in [3.05, 3.63) is 34.2 Å². The van der Waals surface area contributed by atoms with Crippen molar-refractivity contribution >= 4 is 49.6 Å². The number of hydrogen-bond donors (Lipinski definition) is 2. The van der Waals surface area contributed by atoms with Crippen molar-refractivity contribution in [3.63, 3.8) is 0 Å². The molecule has 1 rings (SSSR count). The zero-order chi connectivity index (χ0) is 21.9. The predicted octanol–water partition coefficient (Wildman–Crippen LogP) is 2.09. The number of benzene rings is 1. The smallest absolute Gasteiger partial charge is 0.310 e. The number of anilines is 2. The third-order valence-corrected chi connectivity index (χ3v) is 5.16. The maximum Gasteiger partial charge on any atom is 0.432 e. The normalized spacial score (nSPS) is 12.5. The molecule has 0 bridgehead atoms. The van der Waals surface area contributed by atoms with Crippen molar-refractivity contribution < 1.29 is 35.6 Å². The van der Waals surface area contributed by atoms with E-state index in [9.17, 15) is 35.6 Å². The number of hydrogen-bond acceptors (Lipinski definition) is 6. The first-order chi connectivity index (χ1) is 12.7. The van der Waals surface area contributed by atoms with Crippen LogP contribution in [0.5, 0.6) is 0 Å². The number of carbonyl (C=O) groups is 2. The maximum atomic E-state index is 14.2. The van der Waals surface area contributed by atoms with E-state index in [1.165, 1.54) is 6.92 Å². The topological polar surface area (TPSA) is 113 Å². The van der Waals surface area contributed by atoms with E-state index in [2.05, 4.69) is 20.7 Å². The van der Waals surface area contributed by atoms with Gasteiger partial charge in [0.25, 0.3) is 5.91 Å². The van der Waals surface area contributed by atoms with Gasteiger partial charge in [0.1, 0.15) is 11.5 Å². The molecule has 0 heterocycles. The van der Waals surface area contributed by atoms with E-state index in [0.717, 1.165) is 19.2 Å². The van der Waals surface area contributed by atoms with Gasteiger partial charge in [0.15, 0.2) is 0 Å². The maximum absolute atomic E-state index is 14.2. The van der Waals surface area contributed by atoms with Crippen LogP contribution in [0.25, 0.3) is 0 Å². The SMILES string of the molecule is CCS(=O)(=O)Nc1cc(N(C=O)C(=O)/C=C(\N(C)N)C(F)(F)F)c(F)cc1Br. The number of alkyl halides is 3. The fourth-order valence-electron chi connectivity index (χ4n) is 1.84. The van der Waals surface area contributed by atoms with Gasteiger partial charge in [0.05, 0.1) is 17.1 Å². The Balaban J connectivity index is 3.46. The molecule has 0 atom stereocenters. The van der Waals surface area contributed by atoms with Crippen LogP contribution in [0.1, 0.15) is 6.92 Å². The van der Waals surface area contributed by atoms with E-state index in [-0.39, 0.29) is 38.3 Å². The Morgan fingerprint density at radius 3 is 2.36 bits per heavy atom. The van der Waals surface area contributed by atoms with E-state index in [1.807, 2.05) is 0 Å². The minimum Gasteiger partial charge on any atom is -0.310 e. The molecular formula is C14H15BrF4N4O4S. The molecule has 3 N–H and O–H groups in total. The Kier molecular flexibility index (Phi) is 7.56. The zero-order valence-corrected chi connectivity index (χ0v) is 16.8. The molecule has 0 unspecified atom stereocenters. The molecule has 156 valence electrons. The Morgan fingerprint density at radius 2 is 1.93 bits per heavy atom. The summed E-state index contributed by atoms with van der Waals surface area (Å²) in [5, 5.41) is 0.111. The second kappa shape index (κ2) is 8.87. The number of amides is 2. The van der Waals surface area contributed by atoms with Crippen LogP contribution in [0, 0.1) is 5.82 Å². The van der Waals surface area contributed by atoms with Crippen LogP contribution in [0.15, 0.2) is 28.4 Å². The lowest BCUT2D eigenvalue weighted by molar-refractivity contribution is -0.122. The molecule has 0 spiro atoms. The molecule has 0 saturated heterocycles. The van der Waals surface area contributed by atoms with Crippen LogP contribution in [0.3, 0.4) is 0 Å². The number of halogens is 5. The highest BCUT2D eigenvalue weighted by atomic mass is 79.9. The second-order valence-corrected chi connectivity index (χ2v) is 8.11. The number of imide groups is 1. The van der Waals surface area contributed by atoms with E-state index >= 15 is 0 Å². The molecule has 0 aromatic heterocycles. The van der Waals surface area contributed by atoms with Gasteiger partial charge in [0.2, 0.25) is 16.4 Å². The largest absolute Gasteiger partial charge is 0.432 e. The first kappa shape index (κ1) is 23.8. The van der Waals surface area contributed by atoms with Crippen molar-refractivity contribution in [2.75, 3.05) is 22.4 Å². The summed E-state index contributed by atoms with van der Waals surface area (Å²) in [7, 11) is -2.99. The van der Waals surface area contributed by atoms with Crippen molar-refractivity contribution in [2.45, 2.75) is 13.1 Å². The highest BCUT2D eigenvalue weighted by Crippen LogP contribution is 2.32. The van der Waals surface area contributed by atoms with Gasteiger partial charge in [-0.1, -0.05) is 0 Å². The molecule has 14 heteroatoms. The lowest BCUT2D eigenvalue weighted by Gasteiger charge is -2.21. The summed E-state index contributed by atoms with van der Waals surface area (Å²) in [4.78, 5) is 23.5. The Hall–Kier alpha value is -2.19. The predicted molar refractivity (Wildman–Crippen MR) is 96.8 cm³/mol. The van der Waals surface area contributed by atoms with Crippen LogP contribution in [-0.2, 0) is 19.6 Å². The average molecular weight is 491 g/mol. The first-order valence-corrected chi connectivity index (χ1v) is 9.73. The standard InChI is InChI=1S/C14H15BrF4N4O4S/c1-3-28(26,27)21-10-5-11(9(16)4-8(10)15)23(7-24)13(25)6-12(22(2)20)14(17,18)19/h4-7,21H,3,20H2,1-2H3/b12-6-. The van der Waals surface area contributed by atoms with Crippen LogP contribution in [0.2, 0.25) is 0 Å². The van der Waals surface area contributed by atoms with Gasteiger partial charge in [-0.3, -0.25) is 14.3 Å². The van der Waals surface area contributed by atoms with Gasteiger partial charge in [-0.2, -0.15) is 13.2 Å². The van der Waals surface area contributed by atoms with E-state index in [1.54, 1.807) is 0 Å². The second-order valence-electron chi connectivity index (χ2n) is 5.24. The van der Waals surface area contributed by atoms with Gasteiger partial charge in [-0.15, -0.1) is 0 Å². The summed E-state index contributed by atoms with van der Waals surface area (Å²) in [5.74, 6) is 1.99. The van der Waals surface area contributed by atoms with Gasteiger partial charge in [-0.05, 0) is 35.0 Å². The van der Waals surface area contributed by atoms with Gasteiger partial charge >= 0.3 is 6.18 Å². The highest BCUT2D eigenvalue weighted by Gasteiger charge is 2.37. The first-order valence-electron chi connectivity index (χ1n) is 7.28. The number of nitrogens with one attached hydrogen (secondary N) is 1. The summed E-state index contributed by atoms with van der Waals surface area (Å²) >= 11 is 2.91. The number of hydrazine groups is 1. The number of sulfonamides is 1. The molecule has 0 aliphatic rings. The number of nitrogens with zero attached hydrogens (tertiary/aromatic N) is 2. The third-order valence-electron chi connectivity index (χ3n) is 3.21. The fourth-order valence-corrected chi connectivity index (χ4v) is 3.03. The summed E-state index contributed by atoms with van der Waals surface area (Å²) < 4.78 is 78.4. The lowest BCUT2D eigenvalue weighted by Crippen LogP contribution is -2.37. The van der Waals surface area contributed by atoms with E-state index in [4.69, 9.17) is 5.84 Å². The third kappa shape index (κ3) is 5.90. The van der Waals surface area contributed by atoms with Crippen LogP contribution in [-0.4, -0.2) is 44.7 Å². The zero-order valence-electron chi connectivity index (χ0n) is 14.4. The molecule has 28 heavy (non-hydrogen) atoms. The monoisotopic (exact) mass is 490 g/mol. The molecular weight excluding hydrogens is 476 g/mol.